The number of ether oxygens (including phenoxy) is 1. The molecule has 1 aliphatic heterocycles. The predicted octanol–water partition coefficient (Wildman–Crippen LogP) is 1.79. The van der Waals surface area contributed by atoms with Crippen LogP contribution in [0.15, 0.2) is 30.3 Å². The van der Waals surface area contributed by atoms with Crippen molar-refractivity contribution in [2.45, 2.75) is 32.4 Å². The van der Waals surface area contributed by atoms with Crippen LogP contribution in [0.3, 0.4) is 0 Å². The molecule has 0 radical (unpaired) electrons. The lowest BCUT2D eigenvalue weighted by Crippen LogP contribution is -2.30. The molecule has 1 heterocycles. The van der Waals surface area contributed by atoms with Gasteiger partial charge in [0.15, 0.2) is 0 Å². The maximum atomic E-state index is 11.4. The van der Waals surface area contributed by atoms with Crippen LogP contribution in [0.1, 0.15) is 25.3 Å². The summed E-state index contributed by atoms with van der Waals surface area (Å²) in [6.07, 6.45) is 1.30. The van der Waals surface area contributed by atoms with Crippen molar-refractivity contribution < 1.29 is 9.53 Å². The molecule has 0 amide bonds. The van der Waals surface area contributed by atoms with Crippen molar-refractivity contribution in [3.8, 4) is 0 Å². The van der Waals surface area contributed by atoms with Crippen LogP contribution in [0.2, 0.25) is 0 Å². The molecule has 4 nitrogen and oxygen atoms in total. The number of hydrogen-bond donors (Lipinski definition) is 1. The summed E-state index contributed by atoms with van der Waals surface area (Å²) in [5.41, 5.74) is 7.50. The van der Waals surface area contributed by atoms with Gasteiger partial charge in [0, 0.05) is 32.1 Å². The van der Waals surface area contributed by atoms with Gasteiger partial charge in [0.25, 0.3) is 0 Å². The van der Waals surface area contributed by atoms with E-state index >= 15 is 0 Å². The highest BCUT2D eigenvalue weighted by molar-refractivity contribution is 5.69. The molecule has 110 valence electrons. The molecule has 1 saturated heterocycles. The fourth-order valence-electron chi connectivity index (χ4n) is 2.80. The molecule has 4 heteroatoms. The van der Waals surface area contributed by atoms with Gasteiger partial charge in [0.05, 0.1) is 6.61 Å². The topological polar surface area (TPSA) is 55.6 Å². The van der Waals surface area contributed by atoms with Crippen molar-refractivity contribution in [2.24, 2.45) is 11.7 Å². The third kappa shape index (κ3) is 4.32. The molecule has 0 aromatic heterocycles. The first-order valence-electron chi connectivity index (χ1n) is 7.36. The summed E-state index contributed by atoms with van der Waals surface area (Å²) in [4.78, 5) is 13.8. The molecular weight excluding hydrogens is 252 g/mol. The van der Waals surface area contributed by atoms with Crippen LogP contribution in [0.5, 0.6) is 0 Å². The van der Waals surface area contributed by atoms with Gasteiger partial charge >= 0.3 is 5.97 Å². The highest BCUT2D eigenvalue weighted by Gasteiger charge is 2.30. The number of likely N-dealkylation sites (tertiary alicyclic amines) is 1. The number of nitrogens with two attached hydrogens (primary N) is 1. The van der Waals surface area contributed by atoms with Crippen LogP contribution >= 0.6 is 0 Å². The van der Waals surface area contributed by atoms with Gasteiger partial charge in [-0.05, 0) is 24.8 Å². The van der Waals surface area contributed by atoms with Gasteiger partial charge < -0.3 is 10.5 Å². The van der Waals surface area contributed by atoms with E-state index in [9.17, 15) is 4.79 Å². The minimum Gasteiger partial charge on any atom is -0.466 e. The Balaban J connectivity index is 1.78. The van der Waals surface area contributed by atoms with Crippen LogP contribution in [-0.4, -0.2) is 36.6 Å². The number of benzene rings is 1. The molecule has 1 fully saturated rings. The molecule has 1 unspecified atom stereocenters. The zero-order chi connectivity index (χ0) is 14.4. The van der Waals surface area contributed by atoms with Crippen molar-refractivity contribution in [1.82, 2.24) is 4.90 Å². The molecule has 1 aliphatic rings. The lowest BCUT2D eigenvalue weighted by Gasteiger charge is -2.15. The van der Waals surface area contributed by atoms with Gasteiger partial charge in [0.1, 0.15) is 0 Å². The molecule has 1 aromatic carbocycles. The lowest BCUT2D eigenvalue weighted by atomic mass is 9.99. The Kier molecular flexibility index (Phi) is 5.56. The quantitative estimate of drug-likeness (QED) is 0.805. The molecular formula is C16H24N2O2. The summed E-state index contributed by atoms with van der Waals surface area (Å²) in [6.45, 7) is 5.10. The van der Waals surface area contributed by atoms with E-state index in [1.165, 1.54) is 5.56 Å². The summed E-state index contributed by atoms with van der Waals surface area (Å²) in [6, 6.07) is 10.6. The lowest BCUT2D eigenvalue weighted by molar-refractivity contribution is -0.143. The van der Waals surface area contributed by atoms with E-state index in [0.717, 1.165) is 26.1 Å². The summed E-state index contributed by atoms with van der Waals surface area (Å²) >= 11 is 0. The smallest absolute Gasteiger partial charge is 0.305 e. The van der Waals surface area contributed by atoms with Crippen molar-refractivity contribution in [2.75, 3.05) is 19.7 Å². The second-order valence-corrected chi connectivity index (χ2v) is 5.45. The minimum absolute atomic E-state index is 0.110. The summed E-state index contributed by atoms with van der Waals surface area (Å²) in [5.74, 6) is 0.282. The highest BCUT2D eigenvalue weighted by atomic mass is 16.5. The van der Waals surface area contributed by atoms with Crippen molar-refractivity contribution in [3.63, 3.8) is 0 Å². The maximum Gasteiger partial charge on any atom is 0.305 e. The third-order valence-corrected chi connectivity index (χ3v) is 3.84. The molecule has 1 aromatic rings. The Morgan fingerprint density at radius 2 is 2.10 bits per heavy atom. The zero-order valence-corrected chi connectivity index (χ0v) is 12.1. The summed E-state index contributed by atoms with van der Waals surface area (Å²) < 4.78 is 4.97. The largest absolute Gasteiger partial charge is 0.466 e. The predicted molar refractivity (Wildman–Crippen MR) is 79.1 cm³/mol. The molecule has 0 aliphatic carbocycles. The first-order valence-corrected chi connectivity index (χ1v) is 7.36. The van der Waals surface area contributed by atoms with Gasteiger partial charge in [-0.15, -0.1) is 0 Å². The summed E-state index contributed by atoms with van der Waals surface area (Å²) in [7, 11) is 0. The Morgan fingerprint density at radius 1 is 1.35 bits per heavy atom. The SMILES string of the molecule is CCOC(=O)CCC1CN(Cc2ccccc2)C[C@H]1N. The van der Waals surface area contributed by atoms with Gasteiger partial charge in [0.2, 0.25) is 0 Å². The van der Waals surface area contributed by atoms with Gasteiger partial charge in [-0.2, -0.15) is 0 Å². The molecule has 0 saturated carbocycles. The van der Waals surface area contributed by atoms with Crippen molar-refractivity contribution in [1.29, 1.82) is 0 Å². The fourth-order valence-corrected chi connectivity index (χ4v) is 2.80. The van der Waals surface area contributed by atoms with Crippen LogP contribution in [0.4, 0.5) is 0 Å². The van der Waals surface area contributed by atoms with Gasteiger partial charge in [-0.25, -0.2) is 0 Å². The molecule has 20 heavy (non-hydrogen) atoms. The highest BCUT2D eigenvalue weighted by Crippen LogP contribution is 2.22. The minimum atomic E-state index is -0.110. The number of carbonyl (C=O) groups excluding carboxylic acids is 1. The Hall–Kier alpha value is -1.39. The van der Waals surface area contributed by atoms with E-state index in [0.29, 0.717) is 18.9 Å². The van der Waals surface area contributed by atoms with Crippen LogP contribution in [-0.2, 0) is 16.1 Å². The van der Waals surface area contributed by atoms with E-state index < -0.39 is 0 Å². The monoisotopic (exact) mass is 276 g/mol. The normalized spacial score (nSPS) is 22.9. The number of carbonyl (C=O) groups is 1. The second kappa shape index (κ2) is 7.41. The first-order chi connectivity index (χ1) is 9.69. The molecule has 2 atom stereocenters. The second-order valence-electron chi connectivity index (χ2n) is 5.45. The number of esters is 1. The maximum absolute atomic E-state index is 11.4. The van der Waals surface area contributed by atoms with E-state index in [1.807, 2.05) is 13.0 Å². The van der Waals surface area contributed by atoms with Crippen LogP contribution in [0.25, 0.3) is 0 Å². The Labute approximate surface area is 120 Å². The average molecular weight is 276 g/mol. The van der Waals surface area contributed by atoms with E-state index in [2.05, 4.69) is 29.2 Å². The van der Waals surface area contributed by atoms with Gasteiger partial charge in [-0.3, -0.25) is 9.69 Å². The van der Waals surface area contributed by atoms with Gasteiger partial charge in [-0.1, -0.05) is 30.3 Å². The molecule has 2 N–H and O–H groups in total. The van der Waals surface area contributed by atoms with E-state index in [1.54, 1.807) is 0 Å². The standard InChI is InChI=1S/C16H24N2O2/c1-2-20-16(19)9-8-14-11-18(12-15(14)17)10-13-6-4-3-5-7-13/h3-7,14-15H,2,8-12,17H2,1H3/t14?,15-/m1/s1. The molecule has 0 spiro atoms. The fraction of sp³-hybridized carbons (Fsp3) is 0.562. The Bertz CT molecular complexity index is 422. The first kappa shape index (κ1) is 15.0. The van der Waals surface area contributed by atoms with E-state index in [-0.39, 0.29) is 12.0 Å². The van der Waals surface area contributed by atoms with Crippen LogP contribution in [0, 0.1) is 5.92 Å². The Morgan fingerprint density at radius 3 is 2.80 bits per heavy atom. The third-order valence-electron chi connectivity index (χ3n) is 3.84. The molecule has 0 bridgehead atoms. The van der Waals surface area contributed by atoms with Crippen molar-refractivity contribution >= 4 is 5.97 Å². The number of hydrogen-bond acceptors (Lipinski definition) is 4. The van der Waals surface area contributed by atoms with Crippen LogP contribution < -0.4 is 5.73 Å². The number of rotatable bonds is 6. The molecule has 2 rings (SSSR count). The van der Waals surface area contributed by atoms with E-state index in [4.69, 9.17) is 10.5 Å². The summed E-state index contributed by atoms with van der Waals surface area (Å²) in [5, 5.41) is 0. The van der Waals surface area contributed by atoms with Crippen molar-refractivity contribution in [3.05, 3.63) is 35.9 Å². The number of nitrogens with zero attached hydrogens (tertiary/aromatic N) is 1. The zero-order valence-electron chi connectivity index (χ0n) is 12.1. The average Bonchev–Trinajstić information content (AvgIpc) is 2.78.